The van der Waals surface area contributed by atoms with Crippen LogP contribution in [0.25, 0.3) is 0 Å². The number of carbonyl (C=O) groups excluding carboxylic acids is 4. The van der Waals surface area contributed by atoms with Crippen LogP contribution >= 0.6 is 0 Å². The predicted octanol–water partition coefficient (Wildman–Crippen LogP) is 0.876. The van der Waals surface area contributed by atoms with Crippen LogP contribution in [0.3, 0.4) is 0 Å². The highest BCUT2D eigenvalue weighted by Crippen LogP contribution is 2.16. The van der Waals surface area contributed by atoms with E-state index in [1.54, 1.807) is 0 Å². The molecular weight excluding hydrogens is 400 g/mol. The Labute approximate surface area is 172 Å². The number of rotatable bonds is 10. The predicted molar refractivity (Wildman–Crippen MR) is 101 cm³/mol. The molecule has 30 heavy (non-hydrogen) atoms. The molecule has 0 aromatic heterocycles. The summed E-state index contributed by atoms with van der Waals surface area (Å²) < 4.78 is 19.1. The molecule has 1 rings (SSSR count). The van der Waals surface area contributed by atoms with Gasteiger partial charge in [-0.25, -0.2) is 19.2 Å². The normalized spacial score (nSPS) is 14.3. The van der Waals surface area contributed by atoms with Gasteiger partial charge in [0.05, 0.1) is 11.1 Å². The van der Waals surface area contributed by atoms with E-state index < -0.39 is 48.7 Å². The molecule has 1 aromatic rings. The first-order chi connectivity index (χ1) is 13.9. The Balaban J connectivity index is 2.83. The van der Waals surface area contributed by atoms with Crippen molar-refractivity contribution in [3.8, 4) is 0 Å². The number of hydrogen-bond donors (Lipinski definition) is 2. The minimum Gasteiger partial charge on any atom is -0.455 e. The number of hydrogen-bond acceptors (Lipinski definition) is 10. The van der Waals surface area contributed by atoms with Gasteiger partial charge in [0, 0.05) is 26.0 Å². The quantitative estimate of drug-likeness (QED) is 0.241. The second kappa shape index (κ2) is 10.3. The first-order valence-electron chi connectivity index (χ1n) is 8.49. The van der Waals surface area contributed by atoms with Crippen molar-refractivity contribution in [1.29, 1.82) is 0 Å². The number of esters is 4. The lowest BCUT2D eigenvalue weighted by Crippen LogP contribution is -2.37. The number of carbonyl (C=O) groups is 4. The SMILES string of the molecule is C=CC(=O)OC(C)(O)COC(=O)c1ccccc1C(=O)OCC(C)(O)OC(=O)C=C. The largest absolute Gasteiger partial charge is 0.455 e. The minimum absolute atomic E-state index is 0.212. The van der Waals surface area contributed by atoms with Gasteiger partial charge in [-0.3, -0.25) is 0 Å². The molecule has 2 atom stereocenters. The Morgan fingerprint density at radius 3 is 1.47 bits per heavy atom. The van der Waals surface area contributed by atoms with E-state index in [-0.39, 0.29) is 11.1 Å². The van der Waals surface area contributed by atoms with Gasteiger partial charge in [-0.15, -0.1) is 0 Å². The maximum absolute atomic E-state index is 12.3. The molecule has 0 aliphatic heterocycles. The highest BCUT2D eigenvalue weighted by Gasteiger charge is 2.30. The lowest BCUT2D eigenvalue weighted by atomic mass is 10.1. The molecule has 0 aliphatic rings. The first-order valence-corrected chi connectivity index (χ1v) is 8.49. The first kappa shape index (κ1) is 24.5. The molecule has 10 nitrogen and oxygen atoms in total. The van der Waals surface area contributed by atoms with Gasteiger partial charge in [0.1, 0.15) is 0 Å². The van der Waals surface area contributed by atoms with E-state index in [2.05, 4.69) is 22.6 Å². The zero-order valence-electron chi connectivity index (χ0n) is 16.5. The van der Waals surface area contributed by atoms with Crippen LogP contribution in [0.1, 0.15) is 34.6 Å². The summed E-state index contributed by atoms with van der Waals surface area (Å²) in [6.45, 7) is 7.10. The van der Waals surface area contributed by atoms with E-state index in [1.165, 1.54) is 24.3 Å². The summed E-state index contributed by atoms with van der Waals surface area (Å²) in [5.74, 6) is -8.12. The third kappa shape index (κ3) is 7.86. The number of benzene rings is 1. The van der Waals surface area contributed by atoms with Crippen molar-refractivity contribution in [2.75, 3.05) is 13.2 Å². The van der Waals surface area contributed by atoms with Crippen LogP contribution in [-0.2, 0) is 28.5 Å². The van der Waals surface area contributed by atoms with E-state index in [0.717, 1.165) is 26.0 Å². The van der Waals surface area contributed by atoms with Crippen molar-refractivity contribution < 1.29 is 48.3 Å². The molecule has 10 heteroatoms. The van der Waals surface area contributed by atoms with Gasteiger partial charge in [-0.2, -0.15) is 0 Å². The Kier molecular flexibility index (Phi) is 8.45. The fraction of sp³-hybridized carbons (Fsp3) is 0.300. The van der Waals surface area contributed by atoms with Crippen LogP contribution in [0, 0.1) is 0 Å². The van der Waals surface area contributed by atoms with Gasteiger partial charge >= 0.3 is 23.9 Å². The molecular formula is C20H22O10. The minimum atomic E-state index is -2.12. The van der Waals surface area contributed by atoms with Crippen molar-refractivity contribution in [3.05, 3.63) is 60.7 Å². The van der Waals surface area contributed by atoms with Crippen molar-refractivity contribution in [3.63, 3.8) is 0 Å². The number of aliphatic hydroxyl groups is 2. The summed E-state index contributed by atoms with van der Waals surface area (Å²) in [4.78, 5) is 47.0. The molecule has 0 saturated heterocycles. The van der Waals surface area contributed by atoms with Crippen LogP contribution < -0.4 is 0 Å². The van der Waals surface area contributed by atoms with Crippen LogP contribution in [0.5, 0.6) is 0 Å². The molecule has 162 valence electrons. The van der Waals surface area contributed by atoms with E-state index in [4.69, 9.17) is 9.47 Å². The summed E-state index contributed by atoms with van der Waals surface area (Å²) >= 11 is 0. The molecule has 0 fully saturated rings. The van der Waals surface area contributed by atoms with E-state index in [9.17, 15) is 29.4 Å². The zero-order valence-corrected chi connectivity index (χ0v) is 16.5. The van der Waals surface area contributed by atoms with Crippen molar-refractivity contribution in [2.24, 2.45) is 0 Å². The standard InChI is InChI=1S/C20H22O10/c1-5-15(21)29-19(3,25)11-27-17(23)13-9-7-8-10-14(13)18(24)28-12-20(4,26)30-16(22)6-2/h5-10,25-26H,1-2,11-12H2,3-4H3. The second-order valence-corrected chi connectivity index (χ2v) is 6.30. The van der Waals surface area contributed by atoms with Gasteiger partial charge in [-0.1, -0.05) is 25.3 Å². The van der Waals surface area contributed by atoms with Crippen LogP contribution in [0.15, 0.2) is 49.6 Å². The van der Waals surface area contributed by atoms with Crippen LogP contribution in [-0.4, -0.2) is 58.9 Å². The van der Waals surface area contributed by atoms with Gasteiger partial charge < -0.3 is 29.2 Å². The Morgan fingerprint density at radius 1 is 0.833 bits per heavy atom. The Hall–Kier alpha value is -3.50. The average Bonchev–Trinajstić information content (AvgIpc) is 2.69. The molecule has 0 radical (unpaired) electrons. The third-order valence-electron chi connectivity index (χ3n) is 3.28. The van der Waals surface area contributed by atoms with Gasteiger partial charge in [0.25, 0.3) is 0 Å². The van der Waals surface area contributed by atoms with E-state index in [1.807, 2.05) is 0 Å². The highest BCUT2D eigenvalue weighted by atomic mass is 16.7. The smallest absolute Gasteiger partial charge is 0.339 e. The monoisotopic (exact) mass is 422 g/mol. The molecule has 0 aliphatic carbocycles. The fourth-order valence-electron chi connectivity index (χ4n) is 1.97. The van der Waals surface area contributed by atoms with Crippen molar-refractivity contribution in [1.82, 2.24) is 0 Å². The van der Waals surface area contributed by atoms with Gasteiger partial charge in [0.15, 0.2) is 13.2 Å². The molecule has 1 aromatic carbocycles. The molecule has 2 N–H and O–H groups in total. The molecule has 0 heterocycles. The lowest BCUT2D eigenvalue weighted by molar-refractivity contribution is -0.210. The molecule has 0 spiro atoms. The summed E-state index contributed by atoms with van der Waals surface area (Å²) in [5.41, 5.74) is -0.424. The van der Waals surface area contributed by atoms with Crippen molar-refractivity contribution in [2.45, 2.75) is 25.4 Å². The topological polar surface area (TPSA) is 146 Å². The Morgan fingerprint density at radius 2 is 1.17 bits per heavy atom. The van der Waals surface area contributed by atoms with Crippen molar-refractivity contribution >= 4 is 23.9 Å². The summed E-state index contributed by atoms with van der Waals surface area (Å²) in [7, 11) is 0. The second-order valence-electron chi connectivity index (χ2n) is 6.30. The van der Waals surface area contributed by atoms with E-state index in [0.29, 0.717) is 0 Å². The summed E-state index contributed by atoms with van der Waals surface area (Å²) in [6.07, 6.45) is 1.64. The maximum atomic E-state index is 12.3. The summed E-state index contributed by atoms with van der Waals surface area (Å²) in [6, 6.07) is 5.43. The molecule has 0 bridgehead atoms. The fourth-order valence-corrected chi connectivity index (χ4v) is 1.97. The number of ether oxygens (including phenoxy) is 4. The summed E-state index contributed by atoms with van der Waals surface area (Å²) in [5, 5.41) is 19.8. The Bertz CT molecular complexity index is 769. The van der Waals surface area contributed by atoms with Crippen LogP contribution in [0.4, 0.5) is 0 Å². The molecule has 0 amide bonds. The molecule has 2 unspecified atom stereocenters. The highest BCUT2D eigenvalue weighted by molar-refractivity contribution is 6.03. The van der Waals surface area contributed by atoms with Gasteiger partial charge in [-0.05, 0) is 12.1 Å². The van der Waals surface area contributed by atoms with E-state index >= 15 is 0 Å². The third-order valence-corrected chi connectivity index (χ3v) is 3.28. The maximum Gasteiger partial charge on any atom is 0.339 e. The molecule has 0 saturated carbocycles. The average molecular weight is 422 g/mol. The van der Waals surface area contributed by atoms with Crippen LogP contribution in [0.2, 0.25) is 0 Å². The lowest BCUT2D eigenvalue weighted by Gasteiger charge is -2.23. The van der Waals surface area contributed by atoms with Gasteiger partial charge in [0.2, 0.25) is 11.6 Å². The zero-order chi connectivity index (χ0) is 22.9.